The number of carbonyl (C=O) groups is 1. The van der Waals surface area contributed by atoms with E-state index in [1.165, 1.54) is 4.88 Å². The molecule has 2 unspecified atom stereocenters. The Morgan fingerprint density at radius 1 is 1.52 bits per heavy atom. The first kappa shape index (κ1) is 16.6. The molecule has 2 aromatic heterocycles. The minimum absolute atomic E-state index is 0.0717. The topological polar surface area (TPSA) is 45.2 Å². The number of hydrogen-bond acceptors (Lipinski definition) is 5. The molecule has 0 spiro atoms. The van der Waals surface area contributed by atoms with Crippen LogP contribution in [0.2, 0.25) is 0 Å². The minimum Gasteiger partial charge on any atom is -0.337 e. The van der Waals surface area contributed by atoms with Crippen molar-refractivity contribution in [3.8, 4) is 0 Å². The van der Waals surface area contributed by atoms with E-state index in [1.807, 2.05) is 35.7 Å². The van der Waals surface area contributed by atoms with E-state index in [4.69, 9.17) is 0 Å². The second kappa shape index (κ2) is 7.55. The molecule has 4 nitrogen and oxygen atoms in total. The number of hydrogen-bond donors (Lipinski definition) is 1. The maximum Gasteiger partial charge on any atom is 0.231 e. The molecule has 3 rings (SSSR count). The summed E-state index contributed by atoms with van der Waals surface area (Å²) in [5.74, 6) is 0.715. The Labute approximate surface area is 145 Å². The molecule has 1 N–H and O–H groups in total. The Kier molecular flexibility index (Phi) is 5.46. The lowest BCUT2D eigenvalue weighted by Crippen LogP contribution is -2.37. The minimum atomic E-state index is -0.0717. The number of nitrogens with zero attached hydrogens (tertiary/aromatic N) is 2. The smallest absolute Gasteiger partial charge is 0.231 e. The molecule has 0 bridgehead atoms. The monoisotopic (exact) mass is 349 g/mol. The number of thiazole rings is 1. The normalized spacial score (nSPS) is 19.0. The highest BCUT2D eigenvalue weighted by Crippen LogP contribution is 2.26. The van der Waals surface area contributed by atoms with Crippen LogP contribution in [-0.2, 0) is 11.3 Å². The number of aromatic nitrogens is 1. The van der Waals surface area contributed by atoms with Crippen molar-refractivity contribution in [3.63, 3.8) is 0 Å². The standard InChI is InChI=1S/C17H23N3OS2/c1-12(15-4-3-7-22-15)17(21)20(9-14-5-6-18-8-14)10-16-13(2)19-11-23-16/h3-4,7,11-12,14,18H,5-6,8-10H2,1-2H3. The van der Waals surface area contributed by atoms with Crippen LogP contribution in [0.3, 0.4) is 0 Å². The van der Waals surface area contributed by atoms with Crippen LogP contribution in [-0.4, -0.2) is 35.4 Å². The second-order valence-electron chi connectivity index (χ2n) is 6.18. The third-order valence-electron chi connectivity index (χ3n) is 4.47. The van der Waals surface area contributed by atoms with Gasteiger partial charge in [-0.15, -0.1) is 22.7 Å². The van der Waals surface area contributed by atoms with Crippen LogP contribution >= 0.6 is 22.7 Å². The van der Waals surface area contributed by atoms with Crippen molar-refractivity contribution in [3.05, 3.63) is 38.5 Å². The fraction of sp³-hybridized carbons (Fsp3) is 0.529. The van der Waals surface area contributed by atoms with Crippen molar-refractivity contribution in [2.24, 2.45) is 5.92 Å². The molecule has 2 atom stereocenters. The van der Waals surface area contributed by atoms with Crippen molar-refractivity contribution in [1.29, 1.82) is 0 Å². The fourth-order valence-corrected chi connectivity index (χ4v) is 4.57. The fourth-order valence-electron chi connectivity index (χ4n) is 3.00. The number of thiophene rings is 1. The average molecular weight is 350 g/mol. The van der Waals surface area contributed by atoms with Crippen LogP contribution in [0.15, 0.2) is 23.0 Å². The van der Waals surface area contributed by atoms with Crippen LogP contribution in [0, 0.1) is 12.8 Å². The Balaban J connectivity index is 1.75. The molecule has 23 heavy (non-hydrogen) atoms. The molecule has 1 saturated heterocycles. The van der Waals surface area contributed by atoms with E-state index in [0.717, 1.165) is 36.6 Å². The lowest BCUT2D eigenvalue weighted by atomic mass is 10.0. The molecule has 0 radical (unpaired) electrons. The highest BCUT2D eigenvalue weighted by Gasteiger charge is 2.27. The van der Waals surface area contributed by atoms with E-state index in [2.05, 4.69) is 16.4 Å². The molecule has 2 aromatic rings. The van der Waals surface area contributed by atoms with Gasteiger partial charge in [0.2, 0.25) is 5.91 Å². The molecule has 0 aromatic carbocycles. The average Bonchev–Trinajstić information content (AvgIpc) is 3.28. The van der Waals surface area contributed by atoms with E-state index in [1.54, 1.807) is 22.7 Å². The van der Waals surface area contributed by atoms with Crippen molar-refractivity contribution in [2.75, 3.05) is 19.6 Å². The maximum absolute atomic E-state index is 13.1. The van der Waals surface area contributed by atoms with E-state index in [9.17, 15) is 4.79 Å². The zero-order valence-electron chi connectivity index (χ0n) is 13.6. The quantitative estimate of drug-likeness (QED) is 0.871. The van der Waals surface area contributed by atoms with Crippen LogP contribution in [0.25, 0.3) is 0 Å². The van der Waals surface area contributed by atoms with Gasteiger partial charge in [0.15, 0.2) is 0 Å². The SMILES string of the molecule is Cc1ncsc1CN(CC1CCNC1)C(=O)C(C)c1cccs1. The molecule has 6 heteroatoms. The van der Waals surface area contributed by atoms with Gasteiger partial charge in [0.25, 0.3) is 0 Å². The third-order valence-corrected chi connectivity index (χ3v) is 6.45. The first-order valence-electron chi connectivity index (χ1n) is 8.07. The highest BCUT2D eigenvalue weighted by atomic mass is 32.1. The first-order valence-corrected chi connectivity index (χ1v) is 9.83. The van der Waals surface area contributed by atoms with Crippen molar-refractivity contribution < 1.29 is 4.79 Å². The molecule has 0 aliphatic carbocycles. The zero-order valence-corrected chi connectivity index (χ0v) is 15.3. The van der Waals surface area contributed by atoms with Gasteiger partial charge in [-0.05, 0) is 50.7 Å². The number of amides is 1. The van der Waals surface area contributed by atoms with Crippen molar-refractivity contribution in [1.82, 2.24) is 15.2 Å². The Bertz CT molecular complexity index is 632. The third kappa shape index (κ3) is 4.00. The summed E-state index contributed by atoms with van der Waals surface area (Å²) in [5.41, 5.74) is 2.91. The second-order valence-corrected chi connectivity index (χ2v) is 8.09. The van der Waals surface area contributed by atoms with Crippen molar-refractivity contribution in [2.45, 2.75) is 32.7 Å². The van der Waals surface area contributed by atoms with Gasteiger partial charge in [0, 0.05) is 16.3 Å². The molecule has 3 heterocycles. The summed E-state index contributed by atoms with van der Waals surface area (Å²) in [5, 5.41) is 5.44. The van der Waals surface area contributed by atoms with Gasteiger partial charge in [-0.25, -0.2) is 4.98 Å². The summed E-state index contributed by atoms with van der Waals surface area (Å²) in [6, 6.07) is 4.07. The van der Waals surface area contributed by atoms with Crippen LogP contribution in [0.5, 0.6) is 0 Å². The predicted molar refractivity (Wildman–Crippen MR) is 96.0 cm³/mol. The number of carbonyl (C=O) groups excluding carboxylic acids is 1. The lowest BCUT2D eigenvalue weighted by Gasteiger charge is -2.27. The Morgan fingerprint density at radius 3 is 3.00 bits per heavy atom. The summed E-state index contributed by atoms with van der Waals surface area (Å²) in [6.07, 6.45) is 1.15. The zero-order chi connectivity index (χ0) is 16.2. The van der Waals surface area contributed by atoms with Gasteiger partial charge in [-0.1, -0.05) is 6.07 Å². The van der Waals surface area contributed by atoms with E-state index in [-0.39, 0.29) is 11.8 Å². The first-order chi connectivity index (χ1) is 11.1. The van der Waals surface area contributed by atoms with Gasteiger partial charge in [0.1, 0.15) is 0 Å². The summed E-state index contributed by atoms with van der Waals surface area (Å²) in [7, 11) is 0. The summed E-state index contributed by atoms with van der Waals surface area (Å²) in [4.78, 5) is 21.8. The summed E-state index contributed by atoms with van der Waals surface area (Å²) < 4.78 is 0. The lowest BCUT2D eigenvalue weighted by molar-refractivity contribution is -0.133. The van der Waals surface area contributed by atoms with Crippen LogP contribution in [0.1, 0.15) is 34.7 Å². The Morgan fingerprint density at radius 2 is 2.39 bits per heavy atom. The molecular formula is C17H23N3OS2. The number of rotatable bonds is 6. The van der Waals surface area contributed by atoms with Crippen LogP contribution in [0.4, 0.5) is 0 Å². The van der Waals surface area contributed by atoms with Gasteiger partial charge in [-0.2, -0.15) is 0 Å². The van der Waals surface area contributed by atoms with Gasteiger partial charge >= 0.3 is 0 Å². The van der Waals surface area contributed by atoms with E-state index >= 15 is 0 Å². The van der Waals surface area contributed by atoms with Gasteiger partial charge in [-0.3, -0.25) is 4.79 Å². The summed E-state index contributed by atoms with van der Waals surface area (Å²) >= 11 is 3.31. The largest absolute Gasteiger partial charge is 0.337 e. The number of nitrogens with one attached hydrogen (secondary N) is 1. The highest BCUT2D eigenvalue weighted by molar-refractivity contribution is 7.10. The number of aryl methyl sites for hydroxylation is 1. The van der Waals surface area contributed by atoms with Gasteiger partial charge in [0.05, 0.1) is 23.7 Å². The molecule has 124 valence electrons. The summed E-state index contributed by atoms with van der Waals surface area (Å²) in [6.45, 7) is 7.63. The molecule has 1 aliphatic heterocycles. The maximum atomic E-state index is 13.1. The predicted octanol–water partition coefficient (Wildman–Crippen LogP) is 3.25. The van der Waals surface area contributed by atoms with Crippen LogP contribution < -0.4 is 5.32 Å². The molecule has 1 aliphatic rings. The Hall–Kier alpha value is -1.24. The van der Waals surface area contributed by atoms with E-state index in [0.29, 0.717) is 12.5 Å². The molecule has 1 amide bonds. The molecular weight excluding hydrogens is 326 g/mol. The van der Waals surface area contributed by atoms with Gasteiger partial charge < -0.3 is 10.2 Å². The molecule has 0 saturated carbocycles. The van der Waals surface area contributed by atoms with E-state index < -0.39 is 0 Å². The van der Waals surface area contributed by atoms with Crippen molar-refractivity contribution >= 4 is 28.6 Å². The molecule has 1 fully saturated rings.